The minimum atomic E-state index is -3.42. The minimum absolute atomic E-state index is 0.194. The third-order valence-electron chi connectivity index (χ3n) is 4.22. The Bertz CT molecular complexity index is 642. The molecule has 6 heteroatoms. The van der Waals surface area contributed by atoms with Crippen LogP contribution in [0.25, 0.3) is 0 Å². The van der Waals surface area contributed by atoms with Crippen molar-refractivity contribution in [2.45, 2.75) is 51.1 Å². The predicted molar refractivity (Wildman–Crippen MR) is 76.9 cm³/mol. The van der Waals surface area contributed by atoms with Crippen LogP contribution in [-0.2, 0) is 16.6 Å². The molecule has 1 saturated heterocycles. The van der Waals surface area contributed by atoms with Crippen molar-refractivity contribution in [2.75, 3.05) is 13.1 Å². The van der Waals surface area contributed by atoms with E-state index in [1.54, 1.807) is 16.1 Å². The van der Waals surface area contributed by atoms with Crippen molar-refractivity contribution in [3.8, 4) is 0 Å². The second-order valence-corrected chi connectivity index (χ2v) is 7.41. The van der Waals surface area contributed by atoms with Gasteiger partial charge in [-0.1, -0.05) is 11.1 Å². The molecule has 0 unspecified atom stereocenters. The highest BCUT2D eigenvalue weighted by Gasteiger charge is 2.31. The normalized spacial score (nSPS) is 20.5. The van der Waals surface area contributed by atoms with Gasteiger partial charge in [-0.05, 0) is 39.5 Å². The molecule has 1 aromatic heterocycles. The Labute approximate surface area is 120 Å². The van der Waals surface area contributed by atoms with Crippen molar-refractivity contribution in [3.05, 3.63) is 23.2 Å². The molecule has 5 nitrogen and oxygen atoms in total. The second kappa shape index (κ2) is 5.00. The predicted octanol–water partition coefficient (Wildman–Crippen LogP) is 2.09. The van der Waals surface area contributed by atoms with Crippen LogP contribution < -0.4 is 0 Å². The molecular weight excluding hydrogens is 274 g/mol. The van der Waals surface area contributed by atoms with Crippen molar-refractivity contribution in [1.82, 2.24) is 13.9 Å². The molecule has 1 saturated carbocycles. The van der Waals surface area contributed by atoms with Crippen LogP contribution in [0.5, 0.6) is 0 Å². The van der Waals surface area contributed by atoms with Crippen LogP contribution in [0.2, 0.25) is 0 Å². The van der Waals surface area contributed by atoms with Crippen molar-refractivity contribution >= 4 is 10.0 Å². The van der Waals surface area contributed by atoms with Crippen LogP contribution in [0.4, 0.5) is 0 Å². The lowest BCUT2D eigenvalue weighted by molar-refractivity contribution is 0.384. The first kappa shape index (κ1) is 13.8. The number of aromatic nitrogens is 2. The molecular formula is C14H21N3O2S. The highest BCUT2D eigenvalue weighted by Crippen LogP contribution is 2.36. The SMILES string of the molecule is CCn1cc(S(=O)(=O)N2CCC(=C3CC3)CC2)nc1C. The van der Waals surface area contributed by atoms with E-state index in [1.165, 1.54) is 18.4 Å². The van der Waals surface area contributed by atoms with Gasteiger partial charge in [-0.2, -0.15) is 4.31 Å². The number of imidazole rings is 1. The fraction of sp³-hybridized carbons (Fsp3) is 0.643. The molecule has 0 atom stereocenters. The van der Waals surface area contributed by atoms with Gasteiger partial charge in [0.2, 0.25) is 0 Å². The van der Waals surface area contributed by atoms with Gasteiger partial charge in [0.05, 0.1) is 0 Å². The molecule has 20 heavy (non-hydrogen) atoms. The lowest BCUT2D eigenvalue weighted by atomic mass is 10.1. The Kier molecular flexibility index (Phi) is 3.46. The number of sulfonamides is 1. The van der Waals surface area contributed by atoms with Gasteiger partial charge in [-0.25, -0.2) is 13.4 Å². The van der Waals surface area contributed by atoms with E-state index < -0.39 is 10.0 Å². The Hall–Kier alpha value is -1.14. The molecule has 1 aliphatic heterocycles. The molecule has 0 N–H and O–H groups in total. The lowest BCUT2D eigenvalue weighted by Gasteiger charge is -2.26. The monoisotopic (exact) mass is 295 g/mol. The van der Waals surface area contributed by atoms with Crippen LogP contribution in [0.1, 0.15) is 38.4 Å². The van der Waals surface area contributed by atoms with Gasteiger partial charge in [-0.15, -0.1) is 0 Å². The summed E-state index contributed by atoms with van der Waals surface area (Å²) in [6, 6.07) is 0. The molecule has 2 heterocycles. The first-order valence-electron chi connectivity index (χ1n) is 7.26. The zero-order valence-electron chi connectivity index (χ0n) is 12.1. The van der Waals surface area contributed by atoms with Crippen LogP contribution in [0.3, 0.4) is 0 Å². The van der Waals surface area contributed by atoms with E-state index in [2.05, 4.69) is 4.98 Å². The first-order chi connectivity index (χ1) is 9.52. The maximum atomic E-state index is 12.6. The lowest BCUT2D eigenvalue weighted by Crippen LogP contribution is -2.36. The first-order valence-corrected chi connectivity index (χ1v) is 8.70. The van der Waals surface area contributed by atoms with Gasteiger partial charge in [0.1, 0.15) is 5.82 Å². The summed E-state index contributed by atoms with van der Waals surface area (Å²) >= 11 is 0. The molecule has 0 amide bonds. The number of nitrogens with zero attached hydrogens (tertiary/aromatic N) is 3. The maximum absolute atomic E-state index is 12.6. The number of rotatable bonds is 3. The molecule has 2 aliphatic rings. The van der Waals surface area contributed by atoms with Crippen molar-refractivity contribution < 1.29 is 8.42 Å². The van der Waals surface area contributed by atoms with Crippen molar-refractivity contribution in [1.29, 1.82) is 0 Å². The van der Waals surface area contributed by atoms with E-state index in [9.17, 15) is 8.42 Å². The number of aryl methyl sites for hydroxylation is 2. The summed E-state index contributed by atoms with van der Waals surface area (Å²) in [6.45, 7) is 5.76. The second-order valence-electron chi connectivity index (χ2n) is 5.52. The summed E-state index contributed by atoms with van der Waals surface area (Å²) in [5.74, 6) is 0.754. The van der Waals surface area contributed by atoms with Gasteiger partial charge in [0, 0.05) is 25.8 Å². The Morgan fingerprint density at radius 2 is 1.75 bits per heavy atom. The Morgan fingerprint density at radius 1 is 1.15 bits per heavy atom. The summed E-state index contributed by atoms with van der Waals surface area (Å²) in [6.07, 6.45) is 5.88. The van der Waals surface area contributed by atoms with Gasteiger partial charge in [0.15, 0.2) is 5.03 Å². The fourth-order valence-corrected chi connectivity index (χ4v) is 4.26. The molecule has 0 aromatic carbocycles. The molecule has 0 spiro atoms. The zero-order chi connectivity index (χ0) is 14.3. The number of allylic oxidation sites excluding steroid dienone is 1. The Morgan fingerprint density at radius 3 is 2.25 bits per heavy atom. The van der Waals surface area contributed by atoms with Crippen LogP contribution in [0.15, 0.2) is 22.4 Å². The smallest absolute Gasteiger partial charge is 0.262 e. The summed E-state index contributed by atoms with van der Waals surface area (Å²) in [5.41, 5.74) is 3.06. The van der Waals surface area contributed by atoms with Gasteiger partial charge >= 0.3 is 0 Å². The van der Waals surface area contributed by atoms with Gasteiger partial charge in [-0.3, -0.25) is 0 Å². The summed E-state index contributed by atoms with van der Waals surface area (Å²) in [5, 5.41) is 0.194. The standard InChI is InChI=1S/C14H21N3O2S/c1-3-16-10-14(15-11(16)2)20(18,19)17-8-6-13(7-9-17)12-4-5-12/h10H,3-9H2,1-2H3. The van der Waals surface area contributed by atoms with E-state index >= 15 is 0 Å². The highest BCUT2D eigenvalue weighted by atomic mass is 32.2. The largest absolute Gasteiger partial charge is 0.334 e. The van der Waals surface area contributed by atoms with E-state index in [4.69, 9.17) is 0 Å². The molecule has 1 aliphatic carbocycles. The van der Waals surface area contributed by atoms with Crippen LogP contribution in [0, 0.1) is 6.92 Å². The number of hydrogen-bond acceptors (Lipinski definition) is 3. The van der Waals surface area contributed by atoms with Crippen molar-refractivity contribution in [2.24, 2.45) is 0 Å². The average molecular weight is 295 g/mol. The molecule has 3 rings (SSSR count). The Balaban J connectivity index is 1.79. The average Bonchev–Trinajstić information content (AvgIpc) is 3.22. The van der Waals surface area contributed by atoms with Crippen LogP contribution >= 0.6 is 0 Å². The molecule has 2 fully saturated rings. The number of piperidine rings is 1. The summed E-state index contributed by atoms with van der Waals surface area (Å²) < 4.78 is 28.6. The van der Waals surface area contributed by atoms with Crippen molar-refractivity contribution in [3.63, 3.8) is 0 Å². The van der Waals surface area contributed by atoms with E-state index in [1.807, 2.05) is 18.4 Å². The summed E-state index contributed by atoms with van der Waals surface area (Å²) in [4.78, 5) is 4.22. The summed E-state index contributed by atoms with van der Waals surface area (Å²) in [7, 11) is -3.42. The minimum Gasteiger partial charge on any atom is -0.334 e. The molecule has 110 valence electrons. The van der Waals surface area contributed by atoms with E-state index in [-0.39, 0.29) is 5.03 Å². The van der Waals surface area contributed by atoms with Crippen LogP contribution in [-0.4, -0.2) is 35.4 Å². The number of hydrogen-bond donors (Lipinski definition) is 0. The molecule has 1 aromatic rings. The fourth-order valence-electron chi connectivity index (χ4n) is 2.82. The van der Waals surface area contributed by atoms with Gasteiger partial charge < -0.3 is 4.57 Å². The molecule has 0 radical (unpaired) electrons. The topological polar surface area (TPSA) is 55.2 Å². The maximum Gasteiger partial charge on any atom is 0.262 e. The molecule has 0 bridgehead atoms. The zero-order valence-corrected chi connectivity index (χ0v) is 12.9. The highest BCUT2D eigenvalue weighted by molar-refractivity contribution is 7.89. The van der Waals surface area contributed by atoms with E-state index in [0.717, 1.165) is 25.2 Å². The third-order valence-corrected chi connectivity index (χ3v) is 6.00. The third kappa shape index (κ3) is 2.42. The van der Waals surface area contributed by atoms with Gasteiger partial charge in [0.25, 0.3) is 10.0 Å². The van der Waals surface area contributed by atoms with E-state index in [0.29, 0.717) is 13.1 Å². The quantitative estimate of drug-likeness (QED) is 0.802.